The number of hydrogen-bond donors (Lipinski definition) is 2. The molecular formula is C16H24N2O. The van der Waals surface area contributed by atoms with E-state index in [1.807, 2.05) is 6.07 Å². The molecule has 0 aliphatic rings. The zero-order valence-electron chi connectivity index (χ0n) is 12.3. The number of aromatic nitrogens is 1. The third-order valence-corrected chi connectivity index (χ3v) is 3.48. The predicted molar refractivity (Wildman–Crippen MR) is 81.0 cm³/mol. The number of ether oxygens (including phenoxy) is 1. The van der Waals surface area contributed by atoms with Crippen molar-refractivity contribution in [3.8, 4) is 5.75 Å². The summed E-state index contributed by atoms with van der Waals surface area (Å²) in [5, 5.41) is 4.78. The number of methoxy groups -OCH3 is 1. The number of H-pyrrole nitrogens is 1. The van der Waals surface area contributed by atoms with E-state index < -0.39 is 0 Å². The van der Waals surface area contributed by atoms with Gasteiger partial charge in [-0.2, -0.15) is 0 Å². The van der Waals surface area contributed by atoms with Gasteiger partial charge < -0.3 is 15.0 Å². The van der Waals surface area contributed by atoms with Crippen molar-refractivity contribution >= 4 is 10.9 Å². The van der Waals surface area contributed by atoms with Gasteiger partial charge >= 0.3 is 0 Å². The molecule has 0 amide bonds. The molecule has 0 radical (unpaired) electrons. The van der Waals surface area contributed by atoms with Gasteiger partial charge in [0.2, 0.25) is 0 Å². The van der Waals surface area contributed by atoms with Crippen LogP contribution >= 0.6 is 0 Å². The largest absolute Gasteiger partial charge is 0.495 e. The number of rotatable bonds is 6. The maximum atomic E-state index is 5.41. The number of nitrogens with one attached hydrogen (secondary N) is 2. The summed E-state index contributed by atoms with van der Waals surface area (Å²) < 4.78 is 5.41. The summed E-state index contributed by atoms with van der Waals surface area (Å²) in [7, 11) is 1.72. The molecule has 0 spiro atoms. The van der Waals surface area contributed by atoms with Crippen LogP contribution in [0.1, 0.15) is 31.4 Å². The normalized spacial score (nSPS) is 11.4. The monoisotopic (exact) mass is 260 g/mol. The van der Waals surface area contributed by atoms with Crippen molar-refractivity contribution in [2.24, 2.45) is 0 Å². The second-order valence-electron chi connectivity index (χ2n) is 5.36. The average Bonchev–Trinajstić information content (AvgIpc) is 2.80. The van der Waals surface area contributed by atoms with Crippen LogP contribution in [-0.4, -0.2) is 24.7 Å². The lowest BCUT2D eigenvalue weighted by Gasteiger charge is -2.08. The van der Waals surface area contributed by atoms with Crippen LogP contribution < -0.4 is 10.1 Å². The fraction of sp³-hybridized carbons (Fsp3) is 0.500. The molecule has 0 unspecified atom stereocenters. The molecule has 0 bridgehead atoms. The topological polar surface area (TPSA) is 37.0 Å². The Labute approximate surface area is 115 Å². The standard InChI is InChI=1S/C16H24N2O/c1-11(2)17-9-5-6-13-10-18-16-14(19-4)8-7-12(3)15(13)16/h7-8,10-11,17-18H,5-6,9H2,1-4H3. The van der Waals surface area contributed by atoms with E-state index in [-0.39, 0.29) is 0 Å². The third kappa shape index (κ3) is 3.10. The highest BCUT2D eigenvalue weighted by Crippen LogP contribution is 2.30. The van der Waals surface area contributed by atoms with E-state index in [2.05, 4.69) is 43.3 Å². The van der Waals surface area contributed by atoms with E-state index in [4.69, 9.17) is 4.74 Å². The van der Waals surface area contributed by atoms with Gasteiger partial charge in [-0.3, -0.25) is 0 Å². The van der Waals surface area contributed by atoms with E-state index in [1.165, 1.54) is 16.5 Å². The highest BCUT2D eigenvalue weighted by molar-refractivity contribution is 5.91. The van der Waals surface area contributed by atoms with Crippen molar-refractivity contribution in [1.82, 2.24) is 10.3 Å². The predicted octanol–water partition coefficient (Wildman–Crippen LogP) is 3.42. The molecule has 19 heavy (non-hydrogen) atoms. The van der Waals surface area contributed by atoms with Crippen LogP contribution in [0.5, 0.6) is 5.75 Å². The van der Waals surface area contributed by atoms with Gasteiger partial charge in [0, 0.05) is 17.6 Å². The zero-order valence-corrected chi connectivity index (χ0v) is 12.3. The molecule has 1 aromatic carbocycles. The molecule has 104 valence electrons. The van der Waals surface area contributed by atoms with E-state index in [9.17, 15) is 0 Å². The summed E-state index contributed by atoms with van der Waals surface area (Å²) in [6.45, 7) is 7.58. The first kappa shape index (κ1) is 13.9. The van der Waals surface area contributed by atoms with Gasteiger partial charge in [0.25, 0.3) is 0 Å². The molecule has 1 heterocycles. The molecular weight excluding hydrogens is 236 g/mol. The molecule has 0 aliphatic heterocycles. The van der Waals surface area contributed by atoms with E-state index >= 15 is 0 Å². The SMILES string of the molecule is COc1ccc(C)c2c(CCCNC(C)C)c[nH]c12. The molecule has 2 aromatic rings. The zero-order chi connectivity index (χ0) is 13.8. The van der Waals surface area contributed by atoms with Crippen LogP contribution in [0.2, 0.25) is 0 Å². The lowest BCUT2D eigenvalue weighted by atomic mass is 10.0. The first-order valence-corrected chi connectivity index (χ1v) is 7.00. The van der Waals surface area contributed by atoms with Gasteiger partial charge in [-0.15, -0.1) is 0 Å². The highest BCUT2D eigenvalue weighted by atomic mass is 16.5. The van der Waals surface area contributed by atoms with Crippen LogP contribution in [-0.2, 0) is 6.42 Å². The van der Waals surface area contributed by atoms with Crippen molar-refractivity contribution in [1.29, 1.82) is 0 Å². The summed E-state index contributed by atoms with van der Waals surface area (Å²) in [5.74, 6) is 0.923. The number of aromatic amines is 1. The maximum absolute atomic E-state index is 5.41. The van der Waals surface area contributed by atoms with E-state index in [0.29, 0.717) is 6.04 Å². The van der Waals surface area contributed by atoms with Crippen molar-refractivity contribution in [2.45, 2.75) is 39.7 Å². The lowest BCUT2D eigenvalue weighted by molar-refractivity contribution is 0.419. The smallest absolute Gasteiger partial charge is 0.142 e. The number of aryl methyl sites for hydroxylation is 2. The number of benzene rings is 1. The summed E-state index contributed by atoms with van der Waals surface area (Å²) >= 11 is 0. The average molecular weight is 260 g/mol. The molecule has 2 N–H and O–H groups in total. The Morgan fingerprint density at radius 3 is 2.79 bits per heavy atom. The molecule has 0 atom stereocenters. The summed E-state index contributed by atoms with van der Waals surface area (Å²) in [4.78, 5) is 3.35. The van der Waals surface area contributed by atoms with Gasteiger partial charge in [0.05, 0.1) is 12.6 Å². The number of fused-ring (bicyclic) bond motifs is 1. The lowest BCUT2D eigenvalue weighted by Crippen LogP contribution is -2.23. The van der Waals surface area contributed by atoms with Crippen LogP contribution in [0, 0.1) is 6.92 Å². The van der Waals surface area contributed by atoms with Crippen LogP contribution in [0.15, 0.2) is 18.3 Å². The van der Waals surface area contributed by atoms with Crippen LogP contribution in [0.25, 0.3) is 10.9 Å². The summed E-state index contributed by atoms with van der Waals surface area (Å²) in [5.41, 5.74) is 3.81. The third-order valence-electron chi connectivity index (χ3n) is 3.48. The Kier molecular flexibility index (Phi) is 4.48. The Morgan fingerprint density at radius 1 is 1.32 bits per heavy atom. The van der Waals surface area contributed by atoms with E-state index in [0.717, 1.165) is 30.7 Å². The van der Waals surface area contributed by atoms with Gasteiger partial charge in [0.1, 0.15) is 5.75 Å². The molecule has 3 heteroatoms. The Balaban J connectivity index is 2.15. The van der Waals surface area contributed by atoms with Crippen molar-refractivity contribution < 1.29 is 4.74 Å². The Hall–Kier alpha value is -1.48. The van der Waals surface area contributed by atoms with E-state index in [1.54, 1.807) is 7.11 Å². The Morgan fingerprint density at radius 2 is 2.11 bits per heavy atom. The second-order valence-corrected chi connectivity index (χ2v) is 5.36. The van der Waals surface area contributed by atoms with Crippen molar-refractivity contribution in [3.05, 3.63) is 29.5 Å². The molecule has 0 aliphatic carbocycles. The molecule has 3 nitrogen and oxygen atoms in total. The fourth-order valence-corrected chi connectivity index (χ4v) is 2.51. The van der Waals surface area contributed by atoms with Gasteiger partial charge in [0.15, 0.2) is 0 Å². The first-order valence-electron chi connectivity index (χ1n) is 7.00. The van der Waals surface area contributed by atoms with Crippen molar-refractivity contribution in [3.63, 3.8) is 0 Å². The maximum Gasteiger partial charge on any atom is 0.142 e. The molecule has 2 rings (SSSR count). The van der Waals surface area contributed by atoms with Gasteiger partial charge in [-0.25, -0.2) is 0 Å². The molecule has 1 aromatic heterocycles. The summed E-state index contributed by atoms with van der Waals surface area (Å²) in [6, 6.07) is 4.72. The first-order chi connectivity index (χ1) is 9.13. The van der Waals surface area contributed by atoms with Crippen molar-refractivity contribution in [2.75, 3.05) is 13.7 Å². The summed E-state index contributed by atoms with van der Waals surface area (Å²) in [6.07, 6.45) is 4.37. The van der Waals surface area contributed by atoms with Gasteiger partial charge in [-0.05, 0) is 43.5 Å². The molecule has 0 saturated carbocycles. The van der Waals surface area contributed by atoms with Crippen LogP contribution in [0.4, 0.5) is 0 Å². The van der Waals surface area contributed by atoms with Gasteiger partial charge in [-0.1, -0.05) is 19.9 Å². The molecule has 0 saturated heterocycles. The fourth-order valence-electron chi connectivity index (χ4n) is 2.51. The minimum Gasteiger partial charge on any atom is -0.495 e. The van der Waals surface area contributed by atoms with Crippen LogP contribution in [0.3, 0.4) is 0 Å². The minimum atomic E-state index is 0.560. The quantitative estimate of drug-likeness (QED) is 0.781. The highest BCUT2D eigenvalue weighted by Gasteiger charge is 2.10. The Bertz CT molecular complexity index is 543. The molecule has 0 fully saturated rings. The number of hydrogen-bond acceptors (Lipinski definition) is 2. The minimum absolute atomic E-state index is 0.560. The second kappa shape index (κ2) is 6.11.